The molecule has 0 aliphatic rings. The molecule has 3 amide bonds. The Labute approximate surface area is 200 Å². The number of thiol groups is 1. The quantitative estimate of drug-likeness (QED) is 0.0587. The van der Waals surface area contributed by atoms with Gasteiger partial charge in [-0.25, -0.2) is 4.79 Å². The molecule has 4 unspecified atom stereocenters. The Bertz CT molecular complexity index is 698. The number of aliphatic carboxylic acids is 1. The largest absolute Gasteiger partial charge is 0.480 e. The molecule has 0 radical (unpaired) electrons. The van der Waals surface area contributed by atoms with Gasteiger partial charge in [-0.05, 0) is 31.1 Å². The van der Waals surface area contributed by atoms with E-state index in [-0.39, 0.29) is 36.5 Å². The molecule has 190 valence electrons. The van der Waals surface area contributed by atoms with Gasteiger partial charge in [-0.15, -0.1) is 0 Å². The van der Waals surface area contributed by atoms with E-state index in [1.165, 1.54) is 0 Å². The van der Waals surface area contributed by atoms with E-state index < -0.39 is 47.9 Å². The minimum Gasteiger partial charge on any atom is -0.480 e. The minimum absolute atomic E-state index is 0.0798. The second-order valence-corrected chi connectivity index (χ2v) is 8.92. The Morgan fingerprint density at radius 3 is 1.94 bits per heavy atom. The monoisotopic (exact) mass is 489 g/mol. The maximum atomic E-state index is 12.9. The number of nitrogens with zero attached hydrogens (tertiary/aromatic N) is 1. The summed E-state index contributed by atoms with van der Waals surface area (Å²) in [6, 6.07) is -4.03. The first-order valence-corrected chi connectivity index (χ1v) is 11.5. The molecule has 0 aliphatic carbocycles. The fourth-order valence-electron chi connectivity index (χ4n) is 2.90. The van der Waals surface area contributed by atoms with E-state index in [9.17, 15) is 24.3 Å². The van der Waals surface area contributed by atoms with Crippen LogP contribution in [0.1, 0.15) is 47.0 Å². The molecule has 0 rings (SSSR count). The van der Waals surface area contributed by atoms with Gasteiger partial charge in [0.1, 0.15) is 18.1 Å². The van der Waals surface area contributed by atoms with Crippen LogP contribution in [0.15, 0.2) is 4.99 Å². The van der Waals surface area contributed by atoms with Crippen LogP contribution in [-0.2, 0) is 19.2 Å². The first-order valence-electron chi connectivity index (χ1n) is 10.9. The summed E-state index contributed by atoms with van der Waals surface area (Å²) in [6.45, 7) is 7.38. The van der Waals surface area contributed by atoms with E-state index in [4.69, 9.17) is 17.2 Å². The summed E-state index contributed by atoms with van der Waals surface area (Å²) < 4.78 is 0. The number of amides is 3. The Kier molecular flexibility index (Phi) is 14.1. The second-order valence-electron chi connectivity index (χ2n) is 8.56. The molecular formula is C20H39N7O5S. The number of rotatable bonds is 15. The van der Waals surface area contributed by atoms with E-state index in [0.29, 0.717) is 12.8 Å². The van der Waals surface area contributed by atoms with Gasteiger partial charge < -0.3 is 38.3 Å². The molecule has 12 nitrogen and oxygen atoms in total. The molecule has 0 aromatic heterocycles. The predicted molar refractivity (Wildman–Crippen MR) is 129 cm³/mol. The van der Waals surface area contributed by atoms with E-state index in [2.05, 4.69) is 33.6 Å². The lowest BCUT2D eigenvalue weighted by Crippen LogP contribution is -2.58. The highest BCUT2D eigenvalue weighted by atomic mass is 32.1. The number of nitrogens with two attached hydrogens (primary N) is 3. The summed E-state index contributed by atoms with van der Waals surface area (Å²) >= 11 is 4.10. The molecule has 0 aliphatic heterocycles. The molecule has 13 heteroatoms. The number of hydrogen-bond acceptors (Lipinski definition) is 7. The van der Waals surface area contributed by atoms with Crippen molar-refractivity contribution in [2.75, 3.05) is 12.3 Å². The maximum Gasteiger partial charge on any atom is 0.326 e. The molecular weight excluding hydrogens is 450 g/mol. The number of aliphatic imine (C=N–C) groups is 1. The fourth-order valence-corrected chi connectivity index (χ4v) is 3.16. The number of nitrogens with one attached hydrogen (secondary N) is 3. The van der Waals surface area contributed by atoms with Gasteiger partial charge in [0.2, 0.25) is 17.7 Å². The van der Waals surface area contributed by atoms with Crippen LogP contribution in [0.25, 0.3) is 0 Å². The zero-order valence-corrected chi connectivity index (χ0v) is 20.6. The van der Waals surface area contributed by atoms with Crippen molar-refractivity contribution < 1.29 is 24.3 Å². The third-order valence-corrected chi connectivity index (χ3v) is 5.05. The van der Waals surface area contributed by atoms with Crippen LogP contribution in [0.4, 0.5) is 0 Å². The van der Waals surface area contributed by atoms with E-state index in [0.717, 1.165) is 0 Å². The maximum absolute atomic E-state index is 12.9. The predicted octanol–water partition coefficient (Wildman–Crippen LogP) is -1.46. The van der Waals surface area contributed by atoms with E-state index >= 15 is 0 Å². The molecule has 0 heterocycles. The van der Waals surface area contributed by atoms with Crippen LogP contribution < -0.4 is 33.2 Å². The molecule has 0 spiro atoms. The summed E-state index contributed by atoms with van der Waals surface area (Å²) in [5.74, 6) is -3.37. The Balaban J connectivity index is 5.35. The normalized spacial score (nSPS) is 14.7. The summed E-state index contributed by atoms with van der Waals surface area (Å²) in [5, 5.41) is 16.8. The number of hydrogen-bond donors (Lipinski definition) is 8. The Morgan fingerprint density at radius 1 is 0.939 bits per heavy atom. The van der Waals surface area contributed by atoms with Gasteiger partial charge in [0, 0.05) is 12.3 Å². The van der Waals surface area contributed by atoms with Gasteiger partial charge >= 0.3 is 5.97 Å². The Morgan fingerprint density at radius 2 is 1.48 bits per heavy atom. The number of carboxylic acid groups (broad SMARTS) is 1. The van der Waals surface area contributed by atoms with Crippen molar-refractivity contribution in [3.8, 4) is 0 Å². The summed E-state index contributed by atoms with van der Waals surface area (Å²) in [7, 11) is 0. The van der Waals surface area contributed by atoms with Crippen LogP contribution in [0.2, 0.25) is 0 Å². The van der Waals surface area contributed by atoms with Gasteiger partial charge in [0.25, 0.3) is 0 Å². The average molecular weight is 490 g/mol. The molecule has 33 heavy (non-hydrogen) atoms. The highest BCUT2D eigenvalue weighted by Crippen LogP contribution is 2.06. The highest BCUT2D eigenvalue weighted by Gasteiger charge is 2.30. The van der Waals surface area contributed by atoms with Crippen LogP contribution in [0, 0.1) is 11.8 Å². The summed E-state index contributed by atoms with van der Waals surface area (Å²) in [6.07, 6.45) is 0.997. The van der Waals surface area contributed by atoms with Gasteiger partial charge in [0.15, 0.2) is 5.96 Å². The van der Waals surface area contributed by atoms with Gasteiger partial charge in [-0.3, -0.25) is 19.4 Å². The standard InChI is InChI=1S/C20H39N7O5S/c1-10(2)8-12(21)16(28)25-13(6-5-7-24-20(22)23)17(29)26-14(9-33)18(30)27-15(11(3)4)19(31)32/h10-15,33H,5-9,21H2,1-4H3,(H,25,28)(H,26,29)(H,27,30)(H,31,32)(H4,22,23,24). The lowest BCUT2D eigenvalue weighted by molar-refractivity contribution is -0.143. The molecule has 0 saturated carbocycles. The van der Waals surface area contributed by atoms with Crippen LogP contribution in [0.5, 0.6) is 0 Å². The number of carboxylic acids is 1. The lowest BCUT2D eigenvalue weighted by atomic mass is 10.0. The van der Waals surface area contributed by atoms with Crippen molar-refractivity contribution >= 4 is 42.3 Å². The average Bonchev–Trinajstić information content (AvgIpc) is 2.70. The van der Waals surface area contributed by atoms with Crippen molar-refractivity contribution in [1.29, 1.82) is 0 Å². The second kappa shape index (κ2) is 15.3. The zero-order chi connectivity index (χ0) is 25.7. The van der Waals surface area contributed by atoms with Crippen molar-refractivity contribution in [3.05, 3.63) is 0 Å². The topological polar surface area (TPSA) is 215 Å². The van der Waals surface area contributed by atoms with Gasteiger partial charge in [-0.2, -0.15) is 12.6 Å². The first kappa shape index (κ1) is 30.5. The molecule has 10 N–H and O–H groups in total. The summed E-state index contributed by atoms with van der Waals surface area (Å²) in [5.41, 5.74) is 16.5. The Hall–Kier alpha value is -2.54. The summed E-state index contributed by atoms with van der Waals surface area (Å²) in [4.78, 5) is 53.1. The molecule has 0 aromatic rings. The third kappa shape index (κ3) is 12.3. The van der Waals surface area contributed by atoms with Crippen molar-refractivity contribution in [2.45, 2.75) is 71.1 Å². The molecule has 0 saturated heterocycles. The fraction of sp³-hybridized carbons (Fsp3) is 0.750. The third-order valence-electron chi connectivity index (χ3n) is 4.69. The first-order chi connectivity index (χ1) is 15.3. The number of carbonyl (C=O) groups excluding carboxylic acids is 3. The van der Waals surface area contributed by atoms with Gasteiger partial charge in [-0.1, -0.05) is 27.7 Å². The number of guanidine groups is 1. The van der Waals surface area contributed by atoms with E-state index in [1.807, 2.05) is 13.8 Å². The van der Waals surface area contributed by atoms with Crippen molar-refractivity contribution in [3.63, 3.8) is 0 Å². The van der Waals surface area contributed by atoms with E-state index in [1.54, 1.807) is 13.8 Å². The molecule has 0 aromatic carbocycles. The molecule has 0 fully saturated rings. The molecule has 0 bridgehead atoms. The van der Waals surface area contributed by atoms with Gasteiger partial charge in [0.05, 0.1) is 6.04 Å². The van der Waals surface area contributed by atoms with Crippen molar-refractivity contribution in [2.24, 2.45) is 34.0 Å². The minimum atomic E-state index is -1.19. The smallest absolute Gasteiger partial charge is 0.326 e. The highest BCUT2D eigenvalue weighted by molar-refractivity contribution is 7.80. The van der Waals surface area contributed by atoms with Crippen molar-refractivity contribution in [1.82, 2.24) is 16.0 Å². The zero-order valence-electron chi connectivity index (χ0n) is 19.7. The number of carbonyl (C=O) groups is 4. The van der Waals surface area contributed by atoms with Crippen LogP contribution in [0.3, 0.4) is 0 Å². The lowest BCUT2D eigenvalue weighted by Gasteiger charge is -2.25. The molecule has 4 atom stereocenters. The SMILES string of the molecule is CC(C)CC(N)C(=O)NC(CCCN=C(N)N)C(=O)NC(CS)C(=O)NC(C(=O)O)C(C)C. The van der Waals surface area contributed by atoms with Crippen LogP contribution >= 0.6 is 12.6 Å². The van der Waals surface area contributed by atoms with Crippen LogP contribution in [-0.4, -0.2) is 71.2 Å².